The van der Waals surface area contributed by atoms with Crippen LogP contribution in [0.2, 0.25) is 0 Å². The maximum absolute atomic E-state index is 11.3. The molecule has 0 unspecified atom stereocenters. The fraction of sp³-hybridized carbons (Fsp3) is 0.778. The normalized spacial score (nSPS) is 10.7. The van der Waals surface area contributed by atoms with E-state index in [2.05, 4.69) is 16.6 Å². The summed E-state index contributed by atoms with van der Waals surface area (Å²) in [5, 5.41) is 0. The lowest BCUT2D eigenvalue weighted by molar-refractivity contribution is 0.579. The molecule has 0 aliphatic rings. The standard InChI is InChI=1S/C9H16ClNO2S/c1-2-3-5-8-11-14(12,13)9-6-4-7-10/h11H,4-9H2,1H3. The highest BCUT2D eigenvalue weighted by Crippen LogP contribution is 1.96. The van der Waals surface area contributed by atoms with Crippen LogP contribution in [0, 0.1) is 11.8 Å². The van der Waals surface area contributed by atoms with E-state index in [4.69, 9.17) is 11.6 Å². The summed E-state index contributed by atoms with van der Waals surface area (Å²) in [4.78, 5) is 0. The van der Waals surface area contributed by atoms with Crippen LogP contribution in [0.3, 0.4) is 0 Å². The largest absolute Gasteiger partial charge is 0.214 e. The van der Waals surface area contributed by atoms with Crippen molar-refractivity contribution in [1.82, 2.24) is 4.72 Å². The molecule has 0 fully saturated rings. The first kappa shape index (κ1) is 13.8. The van der Waals surface area contributed by atoms with Crippen LogP contribution in [0.15, 0.2) is 0 Å². The third-order valence-corrected chi connectivity index (χ3v) is 3.28. The quantitative estimate of drug-likeness (QED) is 0.413. The van der Waals surface area contributed by atoms with Crippen LogP contribution in [0.1, 0.15) is 26.2 Å². The number of alkyl halides is 1. The minimum absolute atomic E-state index is 0.152. The Morgan fingerprint density at radius 3 is 2.64 bits per heavy atom. The summed E-state index contributed by atoms with van der Waals surface area (Å²) in [7, 11) is -3.11. The highest BCUT2D eigenvalue weighted by Gasteiger charge is 2.07. The van der Waals surface area contributed by atoms with E-state index in [1.807, 2.05) is 0 Å². The van der Waals surface area contributed by atoms with Crippen LogP contribution < -0.4 is 4.72 Å². The Hall–Kier alpha value is -0.240. The van der Waals surface area contributed by atoms with Gasteiger partial charge in [-0.3, -0.25) is 0 Å². The van der Waals surface area contributed by atoms with Gasteiger partial charge in [0.1, 0.15) is 0 Å². The summed E-state index contributed by atoms with van der Waals surface area (Å²) in [6, 6.07) is 0. The molecule has 0 amide bonds. The molecule has 0 saturated heterocycles. The predicted octanol–water partition coefficient (Wildman–Crippen LogP) is 1.34. The molecule has 0 aromatic carbocycles. The number of hydrogen-bond acceptors (Lipinski definition) is 2. The zero-order valence-electron chi connectivity index (χ0n) is 8.35. The van der Waals surface area contributed by atoms with Crippen molar-refractivity contribution >= 4 is 21.6 Å². The molecule has 0 aliphatic heterocycles. The average Bonchev–Trinajstić information content (AvgIpc) is 2.13. The lowest BCUT2D eigenvalue weighted by Gasteiger charge is -2.03. The molecule has 0 bridgehead atoms. The van der Waals surface area contributed by atoms with Gasteiger partial charge in [-0.15, -0.1) is 23.4 Å². The Morgan fingerprint density at radius 2 is 2.07 bits per heavy atom. The van der Waals surface area contributed by atoms with E-state index < -0.39 is 10.0 Å². The van der Waals surface area contributed by atoms with Gasteiger partial charge in [-0.05, 0) is 19.8 Å². The highest BCUT2D eigenvalue weighted by molar-refractivity contribution is 7.89. The minimum atomic E-state index is -3.11. The number of hydrogen-bond donors (Lipinski definition) is 1. The fourth-order valence-electron chi connectivity index (χ4n) is 0.853. The lowest BCUT2D eigenvalue weighted by atomic mass is 10.4. The minimum Gasteiger partial charge on any atom is -0.214 e. The summed E-state index contributed by atoms with van der Waals surface area (Å²) in [5.41, 5.74) is 0. The molecule has 1 N–H and O–H groups in total. The lowest BCUT2D eigenvalue weighted by Crippen LogP contribution is -2.27. The zero-order valence-corrected chi connectivity index (χ0v) is 9.92. The van der Waals surface area contributed by atoms with E-state index in [-0.39, 0.29) is 5.75 Å². The van der Waals surface area contributed by atoms with Crippen molar-refractivity contribution < 1.29 is 8.42 Å². The summed E-state index contributed by atoms with van der Waals surface area (Å²) < 4.78 is 25.0. The van der Waals surface area contributed by atoms with Crippen molar-refractivity contribution in [1.29, 1.82) is 0 Å². The first-order chi connectivity index (χ1) is 6.62. The van der Waals surface area contributed by atoms with Gasteiger partial charge in [0.05, 0.1) is 5.75 Å². The molecule has 0 heterocycles. The Morgan fingerprint density at radius 1 is 1.36 bits per heavy atom. The predicted molar refractivity (Wildman–Crippen MR) is 59.8 cm³/mol. The van der Waals surface area contributed by atoms with Crippen LogP contribution in [-0.4, -0.2) is 26.6 Å². The van der Waals surface area contributed by atoms with Gasteiger partial charge in [0.2, 0.25) is 10.0 Å². The van der Waals surface area contributed by atoms with Gasteiger partial charge in [-0.2, -0.15) is 0 Å². The summed E-state index contributed by atoms with van der Waals surface area (Å²) in [5.74, 6) is 6.16. The third kappa shape index (κ3) is 8.36. The molecular formula is C9H16ClNO2S. The third-order valence-electron chi connectivity index (χ3n) is 1.55. The van der Waals surface area contributed by atoms with Gasteiger partial charge in [-0.25, -0.2) is 13.1 Å². The molecular weight excluding hydrogens is 222 g/mol. The van der Waals surface area contributed by atoms with Crippen molar-refractivity contribution in [2.24, 2.45) is 0 Å². The van der Waals surface area contributed by atoms with E-state index in [0.717, 1.165) is 6.42 Å². The van der Waals surface area contributed by atoms with Crippen LogP contribution in [0.25, 0.3) is 0 Å². The number of rotatable bonds is 7. The number of unbranched alkanes of at least 4 members (excludes halogenated alkanes) is 1. The maximum atomic E-state index is 11.3. The highest BCUT2D eigenvalue weighted by atomic mass is 35.5. The first-order valence-corrected chi connectivity index (χ1v) is 6.74. The van der Waals surface area contributed by atoms with Crippen molar-refractivity contribution in [3.63, 3.8) is 0 Å². The van der Waals surface area contributed by atoms with Gasteiger partial charge in [-0.1, -0.05) is 0 Å². The monoisotopic (exact) mass is 237 g/mol. The molecule has 82 valence electrons. The van der Waals surface area contributed by atoms with E-state index in [9.17, 15) is 8.42 Å². The topological polar surface area (TPSA) is 46.2 Å². The molecule has 3 nitrogen and oxygen atoms in total. The molecule has 0 aromatic heterocycles. The molecule has 5 heteroatoms. The molecule has 0 aliphatic carbocycles. The van der Waals surface area contributed by atoms with Crippen LogP contribution in [-0.2, 0) is 10.0 Å². The van der Waals surface area contributed by atoms with Crippen molar-refractivity contribution in [3.8, 4) is 11.8 Å². The second-order valence-corrected chi connectivity index (χ2v) is 5.09. The molecule has 14 heavy (non-hydrogen) atoms. The second kappa shape index (κ2) is 8.10. The number of halogens is 1. The van der Waals surface area contributed by atoms with Crippen molar-refractivity contribution in [2.75, 3.05) is 18.2 Å². The van der Waals surface area contributed by atoms with Gasteiger partial charge >= 0.3 is 0 Å². The molecule has 0 saturated carbocycles. The summed E-state index contributed by atoms with van der Waals surface area (Å²) >= 11 is 5.44. The number of nitrogens with one attached hydrogen (secondary N) is 1. The van der Waals surface area contributed by atoms with Gasteiger partial charge < -0.3 is 0 Å². The van der Waals surface area contributed by atoms with E-state index in [0.29, 0.717) is 25.3 Å². The van der Waals surface area contributed by atoms with Gasteiger partial charge in [0.15, 0.2) is 0 Å². The van der Waals surface area contributed by atoms with Crippen LogP contribution in [0.5, 0.6) is 0 Å². The smallest absolute Gasteiger partial charge is 0.211 e. The van der Waals surface area contributed by atoms with E-state index in [1.165, 1.54) is 0 Å². The molecule has 0 radical (unpaired) electrons. The first-order valence-electron chi connectivity index (χ1n) is 4.55. The van der Waals surface area contributed by atoms with Crippen molar-refractivity contribution in [3.05, 3.63) is 0 Å². The Balaban J connectivity index is 3.65. The van der Waals surface area contributed by atoms with Crippen LogP contribution in [0.4, 0.5) is 0 Å². The fourth-order valence-corrected chi connectivity index (χ4v) is 2.18. The zero-order chi connectivity index (χ0) is 10.9. The van der Waals surface area contributed by atoms with Crippen molar-refractivity contribution in [2.45, 2.75) is 26.2 Å². The van der Waals surface area contributed by atoms with Crippen LogP contribution >= 0.6 is 11.6 Å². The summed E-state index contributed by atoms with van der Waals surface area (Å²) in [6.45, 7) is 2.12. The Kier molecular flexibility index (Phi) is 7.96. The Labute approximate surface area is 91.3 Å². The average molecular weight is 238 g/mol. The maximum Gasteiger partial charge on any atom is 0.211 e. The molecule has 0 rings (SSSR count). The number of sulfonamides is 1. The Bertz CT molecular complexity index is 290. The second-order valence-electron chi connectivity index (χ2n) is 2.79. The molecule has 0 spiro atoms. The van der Waals surface area contributed by atoms with E-state index >= 15 is 0 Å². The molecule has 0 atom stereocenters. The SMILES string of the molecule is CC#CCCNS(=O)(=O)CCCCCl. The van der Waals surface area contributed by atoms with E-state index in [1.54, 1.807) is 6.92 Å². The van der Waals surface area contributed by atoms with Gasteiger partial charge in [0.25, 0.3) is 0 Å². The molecule has 0 aromatic rings. The summed E-state index contributed by atoms with van der Waals surface area (Å²) in [6.07, 6.45) is 1.90. The van der Waals surface area contributed by atoms with Gasteiger partial charge in [0, 0.05) is 18.8 Å².